The number of nitro benzene ring substituents is 1. The maximum atomic E-state index is 10.8. The van der Waals surface area contributed by atoms with Crippen molar-refractivity contribution >= 4 is 11.4 Å². The first-order valence-corrected chi connectivity index (χ1v) is 8.77. The monoisotopic (exact) mass is 322 g/mol. The summed E-state index contributed by atoms with van der Waals surface area (Å²) in [4.78, 5) is 16.5. The maximum absolute atomic E-state index is 10.8. The number of benzene rings is 1. The average molecular weight is 322 g/mol. The van der Waals surface area contributed by atoms with E-state index in [-0.39, 0.29) is 16.7 Å². The molecular formula is C18H30N2O3. The van der Waals surface area contributed by atoms with Crippen LogP contribution in [0.1, 0.15) is 65.7 Å². The van der Waals surface area contributed by atoms with Crippen LogP contribution in [0.5, 0.6) is 0 Å². The number of nitro groups is 1. The van der Waals surface area contributed by atoms with Crippen LogP contribution in [0.2, 0.25) is 0 Å². The van der Waals surface area contributed by atoms with Crippen LogP contribution in [0, 0.1) is 10.1 Å². The summed E-state index contributed by atoms with van der Waals surface area (Å²) in [5, 5.41) is 12.7. The Kier molecular flexibility index (Phi) is 9.29. The SMILES string of the molecule is CCCCCCN(OC(C)CCCC)c1ccc([N+](=O)[O-])cc1. The minimum Gasteiger partial charge on any atom is -0.270 e. The number of hydroxylamine groups is 1. The molecule has 0 aromatic heterocycles. The molecule has 23 heavy (non-hydrogen) atoms. The Morgan fingerprint density at radius 2 is 1.74 bits per heavy atom. The summed E-state index contributed by atoms with van der Waals surface area (Å²) in [5.41, 5.74) is 0.995. The first-order valence-electron chi connectivity index (χ1n) is 8.77. The minimum atomic E-state index is -0.375. The van der Waals surface area contributed by atoms with E-state index in [9.17, 15) is 10.1 Å². The highest BCUT2D eigenvalue weighted by atomic mass is 16.7. The van der Waals surface area contributed by atoms with E-state index < -0.39 is 0 Å². The van der Waals surface area contributed by atoms with Crippen LogP contribution >= 0.6 is 0 Å². The first-order chi connectivity index (χ1) is 11.1. The number of nitrogens with zero attached hydrogens (tertiary/aromatic N) is 2. The summed E-state index contributed by atoms with van der Waals surface area (Å²) in [6.07, 6.45) is 8.13. The molecule has 0 saturated carbocycles. The van der Waals surface area contributed by atoms with Crippen LogP contribution in [0.25, 0.3) is 0 Å². The molecule has 0 aliphatic heterocycles. The second-order valence-electron chi connectivity index (χ2n) is 5.99. The third-order valence-electron chi connectivity index (χ3n) is 3.83. The van der Waals surface area contributed by atoms with Crippen molar-refractivity contribution in [2.45, 2.75) is 71.8 Å². The molecule has 0 fully saturated rings. The molecule has 0 spiro atoms. The van der Waals surface area contributed by atoms with E-state index in [1.807, 2.05) is 5.06 Å². The Bertz CT molecular complexity index is 448. The van der Waals surface area contributed by atoms with Gasteiger partial charge in [0.2, 0.25) is 0 Å². The van der Waals surface area contributed by atoms with E-state index >= 15 is 0 Å². The van der Waals surface area contributed by atoms with Gasteiger partial charge in [-0.1, -0.05) is 46.0 Å². The van der Waals surface area contributed by atoms with Crippen LogP contribution in [0.15, 0.2) is 24.3 Å². The standard InChI is InChI=1S/C18H30N2O3/c1-4-6-8-9-15-19(23-16(3)10-7-5-2)17-11-13-18(14-12-17)20(21)22/h11-14,16H,4-10,15H2,1-3H3. The summed E-state index contributed by atoms with van der Waals surface area (Å²) in [6.45, 7) is 7.26. The number of rotatable bonds is 12. The zero-order chi connectivity index (χ0) is 17.1. The number of hydrogen-bond acceptors (Lipinski definition) is 4. The molecule has 1 atom stereocenters. The normalized spacial score (nSPS) is 12.1. The first kappa shape index (κ1) is 19.4. The predicted molar refractivity (Wildman–Crippen MR) is 94.7 cm³/mol. The van der Waals surface area contributed by atoms with Crippen molar-refractivity contribution in [3.63, 3.8) is 0 Å². The Labute approximate surface area is 139 Å². The molecule has 0 aliphatic carbocycles. The van der Waals surface area contributed by atoms with Crippen molar-refractivity contribution in [2.75, 3.05) is 11.6 Å². The summed E-state index contributed by atoms with van der Waals surface area (Å²) in [5.74, 6) is 0. The maximum Gasteiger partial charge on any atom is 0.269 e. The summed E-state index contributed by atoms with van der Waals surface area (Å²) in [6, 6.07) is 6.61. The van der Waals surface area contributed by atoms with E-state index in [0.29, 0.717) is 0 Å². The zero-order valence-corrected chi connectivity index (χ0v) is 14.7. The average Bonchev–Trinajstić information content (AvgIpc) is 2.55. The molecule has 0 bridgehead atoms. The van der Waals surface area contributed by atoms with Crippen molar-refractivity contribution in [2.24, 2.45) is 0 Å². The van der Waals surface area contributed by atoms with Crippen molar-refractivity contribution in [1.82, 2.24) is 0 Å². The molecule has 0 aliphatic rings. The molecule has 5 nitrogen and oxygen atoms in total. The van der Waals surface area contributed by atoms with Crippen molar-refractivity contribution in [3.8, 4) is 0 Å². The molecule has 5 heteroatoms. The molecule has 1 aromatic carbocycles. The lowest BCUT2D eigenvalue weighted by molar-refractivity contribution is -0.384. The zero-order valence-electron chi connectivity index (χ0n) is 14.7. The number of non-ortho nitro benzene ring substituents is 1. The lowest BCUT2D eigenvalue weighted by Gasteiger charge is -2.27. The van der Waals surface area contributed by atoms with Crippen molar-refractivity contribution in [3.05, 3.63) is 34.4 Å². The highest BCUT2D eigenvalue weighted by molar-refractivity contribution is 5.49. The van der Waals surface area contributed by atoms with E-state index in [4.69, 9.17) is 4.84 Å². The molecule has 1 aromatic rings. The fraction of sp³-hybridized carbons (Fsp3) is 0.667. The lowest BCUT2D eigenvalue weighted by atomic mass is 10.2. The fourth-order valence-electron chi connectivity index (χ4n) is 2.43. The summed E-state index contributed by atoms with van der Waals surface area (Å²) in [7, 11) is 0. The van der Waals surface area contributed by atoms with Gasteiger partial charge >= 0.3 is 0 Å². The Morgan fingerprint density at radius 3 is 2.30 bits per heavy atom. The van der Waals surface area contributed by atoms with E-state index in [0.717, 1.165) is 37.9 Å². The smallest absolute Gasteiger partial charge is 0.269 e. The van der Waals surface area contributed by atoms with Gasteiger partial charge in [0, 0.05) is 18.7 Å². The highest BCUT2D eigenvalue weighted by Gasteiger charge is 2.13. The van der Waals surface area contributed by atoms with E-state index in [1.54, 1.807) is 12.1 Å². The third kappa shape index (κ3) is 7.46. The van der Waals surface area contributed by atoms with Gasteiger partial charge in [-0.3, -0.25) is 20.0 Å². The van der Waals surface area contributed by atoms with Gasteiger partial charge in [-0.25, -0.2) is 0 Å². The van der Waals surface area contributed by atoms with Crippen molar-refractivity contribution in [1.29, 1.82) is 0 Å². The number of anilines is 1. The van der Waals surface area contributed by atoms with Crippen molar-refractivity contribution < 1.29 is 9.76 Å². The van der Waals surface area contributed by atoms with Gasteiger partial charge in [0.05, 0.1) is 16.7 Å². The van der Waals surface area contributed by atoms with Gasteiger partial charge in [-0.05, 0) is 31.9 Å². The Morgan fingerprint density at radius 1 is 1.09 bits per heavy atom. The predicted octanol–water partition coefficient (Wildman–Crippen LogP) is 5.49. The number of hydrogen-bond donors (Lipinski definition) is 0. The summed E-state index contributed by atoms with van der Waals surface area (Å²) >= 11 is 0. The molecular weight excluding hydrogens is 292 g/mol. The quantitative estimate of drug-likeness (QED) is 0.290. The molecule has 0 amide bonds. The summed E-state index contributed by atoms with van der Waals surface area (Å²) < 4.78 is 0. The molecule has 0 N–H and O–H groups in total. The lowest BCUT2D eigenvalue weighted by Crippen LogP contribution is -2.29. The van der Waals surface area contributed by atoms with Crippen LogP contribution in [0.4, 0.5) is 11.4 Å². The van der Waals surface area contributed by atoms with E-state index in [2.05, 4.69) is 20.8 Å². The molecule has 1 unspecified atom stereocenters. The topological polar surface area (TPSA) is 55.6 Å². The van der Waals surface area contributed by atoms with Crippen LogP contribution in [-0.2, 0) is 4.84 Å². The molecule has 130 valence electrons. The van der Waals surface area contributed by atoms with Gasteiger partial charge in [-0.15, -0.1) is 0 Å². The van der Waals surface area contributed by atoms with Gasteiger partial charge in [0.25, 0.3) is 5.69 Å². The second kappa shape index (κ2) is 11.0. The molecule has 0 saturated heterocycles. The van der Waals surface area contributed by atoms with Gasteiger partial charge < -0.3 is 0 Å². The highest BCUT2D eigenvalue weighted by Crippen LogP contribution is 2.22. The van der Waals surface area contributed by atoms with E-state index in [1.165, 1.54) is 31.4 Å². The minimum absolute atomic E-state index is 0.110. The number of unbranched alkanes of at least 4 members (excludes halogenated alkanes) is 4. The molecule has 0 heterocycles. The molecule has 1 rings (SSSR count). The van der Waals surface area contributed by atoms with Gasteiger partial charge in [-0.2, -0.15) is 0 Å². The fourth-order valence-corrected chi connectivity index (χ4v) is 2.43. The Hall–Kier alpha value is -1.62. The second-order valence-corrected chi connectivity index (χ2v) is 5.99. The largest absolute Gasteiger partial charge is 0.270 e. The third-order valence-corrected chi connectivity index (χ3v) is 3.83. The van der Waals surface area contributed by atoms with Crippen LogP contribution < -0.4 is 5.06 Å². The van der Waals surface area contributed by atoms with Crippen LogP contribution in [-0.4, -0.2) is 17.6 Å². The van der Waals surface area contributed by atoms with Gasteiger partial charge in [0.1, 0.15) is 0 Å². The Balaban J connectivity index is 2.70. The van der Waals surface area contributed by atoms with Crippen LogP contribution in [0.3, 0.4) is 0 Å². The molecule has 0 radical (unpaired) electrons. The van der Waals surface area contributed by atoms with Gasteiger partial charge in [0.15, 0.2) is 0 Å².